The van der Waals surface area contributed by atoms with Gasteiger partial charge in [-0.15, -0.1) is 0 Å². The van der Waals surface area contributed by atoms with Gasteiger partial charge in [0.1, 0.15) is 4.90 Å². The van der Waals surface area contributed by atoms with E-state index in [0.29, 0.717) is 11.6 Å². The number of rotatable bonds is 3. The first-order valence-electron chi connectivity index (χ1n) is 6.99. The highest BCUT2D eigenvalue weighted by Gasteiger charge is 2.32. The molecule has 1 saturated carbocycles. The van der Waals surface area contributed by atoms with Gasteiger partial charge in [0.15, 0.2) is 0 Å². The van der Waals surface area contributed by atoms with Crippen LogP contribution in [-0.2, 0) is 10.0 Å². The molecule has 0 bridgehead atoms. The molecule has 118 valence electrons. The van der Waals surface area contributed by atoms with Gasteiger partial charge in [-0.2, -0.15) is 0 Å². The second-order valence-corrected chi connectivity index (χ2v) is 8.27. The highest BCUT2D eigenvalue weighted by Crippen LogP contribution is 2.34. The van der Waals surface area contributed by atoms with Crippen molar-refractivity contribution in [3.05, 3.63) is 22.2 Å². The first-order valence-corrected chi connectivity index (χ1v) is 9.23. The van der Waals surface area contributed by atoms with Crippen LogP contribution in [0.3, 0.4) is 0 Å². The minimum Gasteiger partial charge on any atom is -0.399 e. The summed E-state index contributed by atoms with van der Waals surface area (Å²) < 4.78 is 27.9. The molecule has 2 rings (SSSR count). The van der Waals surface area contributed by atoms with Crippen molar-refractivity contribution in [2.24, 2.45) is 11.8 Å². The van der Waals surface area contributed by atoms with Crippen LogP contribution < -0.4 is 10.5 Å². The number of nitrogens with two attached hydrogens (primary N) is 1. The Hall–Kier alpha value is -0.490. The molecular formula is C14H20Cl2N2O2S. The highest BCUT2D eigenvalue weighted by atomic mass is 35.5. The van der Waals surface area contributed by atoms with Gasteiger partial charge in [0.25, 0.3) is 0 Å². The van der Waals surface area contributed by atoms with Crippen LogP contribution in [0.1, 0.15) is 33.1 Å². The van der Waals surface area contributed by atoms with Crippen LogP contribution in [0.5, 0.6) is 0 Å². The summed E-state index contributed by atoms with van der Waals surface area (Å²) in [6, 6.07) is 2.70. The molecular weight excluding hydrogens is 331 g/mol. The lowest BCUT2D eigenvalue weighted by Gasteiger charge is -2.34. The fourth-order valence-corrected chi connectivity index (χ4v) is 5.44. The molecule has 3 N–H and O–H groups in total. The molecule has 1 aromatic rings. The molecule has 0 aromatic heterocycles. The average Bonchev–Trinajstić information content (AvgIpc) is 2.33. The number of nitrogen functional groups attached to an aromatic ring is 1. The molecule has 0 aliphatic heterocycles. The van der Waals surface area contributed by atoms with Crippen LogP contribution in [0.4, 0.5) is 5.69 Å². The SMILES string of the molecule is CC1CCCC(NS(=O)(=O)c2c(Cl)cc(N)cc2Cl)C1C. The van der Waals surface area contributed by atoms with Gasteiger partial charge >= 0.3 is 0 Å². The van der Waals surface area contributed by atoms with Gasteiger partial charge in [0.05, 0.1) is 10.0 Å². The number of benzene rings is 1. The van der Waals surface area contributed by atoms with Crippen molar-refractivity contribution in [1.29, 1.82) is 0 Å². The van der Waals surface area contributed by atoms with E-state index >= 15 is 0 Å². The van der Waals surface area contributed by atoms with Crippen LogP contribution in [-0.4, -0.2) is 14.5 Å². The summed E-state index contributed by atoms with van der Waals surface area (Å²) in [5.41, 5.74) is 5.95. The predicted molar refractivity (Wildman–Crippen MR) is 87.2 cm³/mol. The second kappa shape index (κ2) is 6.32. The fraction of sp³-hybridized carbons (Fsp3) is 0.571. The van der Waals surface area contributed by atoms with Crippen molar-refractivity contribution in [3.63, 3.8) is 0 Å². The molecule has 1 fully saturated rings. The summed E-state index contributed by atoms with van der Waals surface area (Å²) in [6.07, 6.45) is 2.97. The summed E-state index contributed by atoms with van der Waals surface area (Å²) in [5, 5.41) is 0.0908. The van der Waals surface area contributed by atoms with Crippen molar-refractivity contribution >= 4 is 38.9 Å². The van der Waals surface area contributed by atoms with Gasteiger partial charge < -0.3 is 5.73 Å². The highest BCUT2D eigenvalue weighted by molar-refractivity contribution is 7.89. The summed E-state index contributed by atoms with van der Waals surface area (Å²) >= 11 is 12.0. The van der Waals surface area contributed by atoms with Gasteiger partial charge in [0, 0.05) is 11.7 Å². The van der Waals surface area contributed by atoms with E-state index in [1.807, 2.05) is 0 Å². The van der Waals surface area contributed by atoms with Crippen molar-refractivity contribution in [1.82, 2.24) is 4.72 Å². The standard InChI is InChI=1S/C14H20Cl2N2O2S/c1-8-4-3-5-13(9(8)2)18-21(19,20)14-11(15)6-10(17)7-12(14)16/h6-9,13,18H,3-5,17H2,1-2H3. The van der Waals surface area contributed by atoms with E-state index in [4.69, 9.17) is 28.9 Å². The smallest absolute Gasteiger partial charge is 0.243 e. The zero-order chi connectivity index (χ0) is 15.8. The molecule has 21 heavy (non-hydrogen) atoms. The van der Waals surface area contributed by atoms with Gasteiger partial charge in [0.2, 0.25) is 10.0 Å². The Morgan fingerprint density at radius 1 is 1.19 bits per heavy atom. The molecule has 1 aliphatic carbocycles. The maximum atomic E-state index is 12.6. The van der Waals surface area contributed by atoms with Crippen LogP contribution in [0.15, 0.2) is 17.0 Å². The molecule has 0 amide bonds. The minimum absolute atomic E-state index is 0.0454. The quantitative estimate of drug-likeness (QED) is 0.816. The second-order valence-electron chi connectivity index (χ2n) is 5.81. The Balaban J connectivity index is 2.31. The molecule has 3 unspecified atom stereocenters. The molecule has 0 spiro atoms. The molecule has 3 atom stereocenters. The first-order chi connectivity index (χ1) is 9.72. The van der Waals surface area contributed by atoms with Gasteiger partial charge in [-0.05, 0) is 30.4 Å². The zero-order valence-corrected chi connectivity index (χ0v) is 14.4. The third-order valence-corrected chi connectivity index (χ3v) is 6.71. The van der Waals surface area contributed by atoms with E-state index in [-0.39, 0.29) is 26.9 Å². The largest absolute Gasteiger partial charge is 0.399 e. The minimum atomic E-state index is -3.76. The average molecular weight is 351 g/mol. The number of anilines is 1. The van der Waals surface area contributed by atoms with E-state index in [1.165, 1.54) is 12.1 Å². The normalized spacial score (nSPS) is 26.8. The lowest BCUT2D eigenvalue weighted by molar-refractivity contribution is 0.227. The van der Waals surface area contributed by atoms with Crippen molar-refractivity contribution in [2.75, 3.05) is 5.73 Å². The van der Waals surface area contributed by atoms with E-state index < -0.39 is 10.0 Å². The number of hydrogen-bond acceptors (Lipinski definition) is 3. The van der Waals surface area contributed by atoms with Crippen molar-refractivity contribution in [3.8, 4) is 0 Å². The van der Waals surface area contributed by atoms with E-state index in [0.717, 1.165) is 19.3 Å². The van der Waals surface area contributed by atoms with Crippen LogP contribution in [0.25, 0.3) is 0 Å². The van der Waals surface area contributed by atoms with Crippen LogP contribution >= 0.6 is 23.2 Å². The maximum Gasteiger partial charge on any atom is 0.243 e. The Bertz CT molecular complexity index is 611. The number of nitrogens with one attached hydrogen (secondary N) is 1. The molecule has 1 aliphatic rings. The fourth-order valence-electron chi connectivity index (χ4n) is 2.84. The zero-order valence-electron chi connectivity index (χ0n) is 12.1. The predicted octanol–water partition coefficient (Wildman–Crippen LogP) is 3.68. The Morgan fingerprint density at radius 3 is 2.33 bits per heavy atom. The first kappa shape index (κ1) is 16.9. The van der Waals surface area contributed by atoms with Gasteiger partial charge in [-0.3, -0.25) is 0 Å². The molecule has 7 heteroatoms. The van der Waals surface area contributed by atoms with Crippen LogP contribution in [0.2, 0.25) is 10.0 Å². The lowest BCUT2D eigenvalue weighted by atomic mass is 9.78. The maximum absolute atomic E-state index is 12.6. The van der Waals surface area contributed by atoms with E-state index in [1.54, 1.807) is 0 Å². The number of sulfonamides is 1. The molecule has 4 nitrogen and oxygen atoms in total. The number of hydrogen-bond donors (Lipinski definition) is 2. The lowest BCUT2D eigenvalue weighted by Crippen LogP contribution is -2.43. The van der Waals surface area contributed by atoms with Gasteiger partial charge in [-0.25, -0.2) is 13.1 Å². The monoisotopic (exact) mass is 350 g/mol. The van der Waals surface area contributed by atoms with Gasteiger partial charge in [-0.1, -0.05) is 49.9 Å². The summed E-state index contributed by atoms with van der Waals surface area (Å²) in [4.78, 5) is -0.0922. The van der Waals surface area contributed by atoms with E-state index in [9.17, 15) is 8.42 Å². The molecule has 0 saturated heterocycles. The van der Waals surface area contributed by atoms with E-state index in [2.05, 4.69) is 18.6 Å². The van der Waals surface area contributed by atoms with Crippen molar-refractivity contribution in [2.45, 2.75) is 44.0 Å². The molecule has 1 aromatic carbocycles. The number of halogens is 2. The summed E-state index contributed by atoms with van der Waals surface area (Å²) in [5.74, 6) is 0.767. The van der Waals surface area contributed by atoms with Crippen molar-refractivity contribution < 1.29 is 8.42 Å². The third kappa shape index (κ3) is 3.65. The Kier molecular flexibility index (Phi) is 5.08. The molecule has 0 heterocycles. The molecule has 0 radical (unpaired) electrons. The Morgan fingerprint density at radius 2 is 1.76 bits per heavy atom. The topological polar surface area (TPSA) is 72.2 Å². The Labute approximate surface area is 136 Å². The van der Waals surface area contributed by atoms with Crippen LogP contribution in [0, 0.1) is 11.8 Å². The summed E-state index contributed by atoms with van der Waals surface area (Å²) in [7, 11) is -3.76. The summed E-state index contributed by atoms with van der Waals surface area (Å²) in [6.45, 7) is 4.22. The third-order valence-electron chi connectivity index (χ3n) is 4.30.